The summed E-state index contributed by atoms with van der Waals surface area (Å²) in [4.78, 5) is 4.54. The van der Waals surface area contributed by atoms with E-state index in [4.69, 9.17) is 5.73 Å². The summed E-state index contributed by atoms with van der Waals surface area (Å²) in [5.74, 6) is 0. The number of nitrogens with two attached hydrogens (primary N) is 1. The number of nitrogens with zero attached hydrogens (tertiary/aromatic N) is 1. The van der Waals surface area contributed by atoms with E-state index in [0.717, 1.165) is 17.6 Å². The average molecular weight is 186 g/mol. The number of rotatable bonds is 2. The van der Waals surface area contributed by atoms with Crippen LogP contribution >= 0.6 is 0 Å². The van der Waals surface area contributed by atoms with E-state index in [9.17, 15) is 0 Å². The molecule has 2 N–H and O–H groups in total. The molecule has 0 aliphatic heterocycles. The van der Waals surface area contributed by atoms with Crippen LogP contribution in [0.2, 0.25) is 0 Å². The second-order valence-electron chi connectivity index (χ2n) is 3.46. The highest BCUT2D eigenvalue weighted by Crippen LogP contribution is 2.16. The topological polar surface area (TPSA) is 38.9 Å². The minimum atomic E-state index is 0.681. The summed E-state index contributed by atoms with van der Waals surface area (Å²) in [6, 6.07) is 10.4. The van der Waals surface area contributed by atoms with Crippen molar-refractivity contribution in [3.8, 4) is 0 Å². The summed E-state index contributed by atoms with van der Waals surface area (Å²) in [6.07, 6.45) is 0.906. The Kier molecular flexibility index (Phi) is 2.46. The highest BCUT2D eigenvalue weighted by atomic mass is 14.7. The Balaban J connectivity index is 2.59. The van der Waals surface area contributed by atoms with Crippen LogP contribution in [-0.4, -0.2) is 11.5 Å². The molecule has 2 nitrogen and oxygen atoms in total. The van der Waals surface area contributed by atoms with Crippen molar-refractivity contribution in [2.24, 2.45) is 5.73 Å². The largest absolute Gasteiger partial charge is 0.330 e. The lowest BCUT2D eigenvalue weighted by Gasteiger charge is -2.05. The summed E-state index contributed by atoms with van der Waals surface area (Å²) >= 11 is 0. The van der Waals surface area contributed by atoms with E-state index in [-0.39, 0.29) is 0 Å². The zero-order valence-electron chi connectivity index (χ0n) is 8.33. The molecule has 1 heterocycles. The van der Waals surface area contributed by atoms with Gasteiger partial charge in [-0.3, -0.25) is 4.98 Å². The molecule has 1 aromatic heterocycles. The maximum Gasteiger partial charge on any atom is 0.0705 e. The number of aromatic nitrogens is 1. The maximum atomic E-state index is 5.55. The number of hydrogen-bond acceptors (Lipinski definition) is 2. The SMILES string of the molecule is Cc1nc2ccccc2cc1CCN. The van der Waals surface area contributed by atoms with Crippen LogP contribution in [0.3, 0.4) is 0 Å². The van der Waals surface area contributed by atoms with Crippen LogP contribution < -0.4 is 5.73 Å². The first kappa shape index (κ1) is 9.16. The molecule has 0 atom stereocenters. The average Bonchev–Trinajstić information content (AvgIpc) is 2.19. The quantitative estimate of drug-likeness (QED) is 0.779. The highest BCUT2D eigenvalue weighted by Gasteiger charge is 2.01. The molecule has 14 heavy (non-hydrogen) atoms. The minimum absolute atomic E-state index is 0.681. The van der Waals surface area contributed by atoms with E-state index >= 15 is 0 Å². The molecule has 0 saturated carbocycles. The van der Waals surface area contributed by atoms with Gasteiger partial charge in [0.25, 0.3) is 0 Å². The van der Waals surface area contributed by atoms with Crippen molar-refractivity contribution < 1.29 is 0 Å². The molecule has 0 amide bonds. The van der Waals surface area contributed by atoms with Crippen molar-refractivity contribution in [2.75, 3.05) is 6.54 Å². The van der Waals surface area contributed by atoms with Crippen LogP contribution in [0, 0.1) is 6.92 Å². The van der Waals surface area contributed by atoms with Crippen LogP contribution in [0.1, 0.15) is 11.3 Å². The zero-order chi connectivity index (χ0) is 9.97. The van der Waals surface area contributed by atoms with E-state index < -0.39 is 0 Å². The monoisotopic (exact) mass is 186 g/mol. The van der Waals surface area contributed by atoms with Gasteiger partial charge in [-0.2, -0.15) is 0 Å². The maximum absolute atomic E-state index is 5.55. The number of benzene rings is 1. The molecular weight excluding hydrogens is 172 g/mol. The number of pyridine rings is 1. The number of hydrogen-bond donors (Lipinski definition) is 1. The fraction of sp³-hybridized carbons (Fsp3) is 0.250. The highest BCUT2D eigenvalue weighted by molar-refractivity contribution is 5.79. The second kappa shape index (κ2) is 3.76. The molecule has 0 bridgehead atoms. The van der Waals surface area contributed by atoms with Crippen LogP contribution in [-0.2, 0) is 6.42 Å². The summed E-state index contributed by atoms with van der Waals surface area (Å²) in [6.45, 7) is 2.72. The van der Waals surface area contributed by atoms with E-state index in [1.165, 1.54) is 10.9 Å². The third-order valence-corrected chi connectivity index (χ3v) is 2.43. The van der Waals surface area contributed by atoms with Crippen LogP contribution in [0.5, 0.6) is 0 Å². The molecule has 0 unspecified atom stereocenters. The normalized spacial score (nSPS) is 10.7. The number of fused-ring (bicyclic) bond motifs is 1. The first-order valence-corrected chi connectivity index (χ1v) is 4.86. The smallest absolute Gasteiger partial charge is 0.0705 e. The van der Waals surface area contributed by atoms with Gasteiger partial charge >= 0.3 is 0 Å². The Morgan fingerprint density at radius 3 is 2.86 bits per heavy atom. The van der Waals surface area contributed by atoms with Gasteiger partial charge in [0.05, 0.1) is 5.52 Å². The predicted molar refractivity (Wildman–Crippen MR) is 59.2 cm³/mol. The Morgan fingerprint density at radius 1 is 1.29 bits per heavy atom. The standard InChI is InChI=1S/C12H14N2/c1-9-10(6-7-13)8-11-4-2-3-5-12(11)14-9/h2-5,8H,6-7,13H2,1H3. The molecule has 72 valence electrons. The van der Waals surface area contributed by atoms with Crippen LogP contribution in [0.25, 0.3) is 10.9 Å². The predicted octanol–water partition coefficient (Wildman–Crippen LogP) is 2.04. The lowest BCUT2D eigenvalue weighted by atomic mass is 10.1. The van der Waals surface area contributed by atoms with Crippen molar-refractivity contribution in [2.45, 2.75) is 13.3 Å². The molecule has 0 radical (unpaired) electrons. The van der Waals surface area contributed by atoms with Gasteiger partial charge in [0.2, 0.25) is 0 Å². The van der Waals surface area contributed by atoms with Crippen LogP contribution in [0.15, 0.2) is 30.3 Å². The molecule has 2 heteroatoms. The van der Waals surface area contributed by atoms with Crippen LogP contribution in [0.4, 0.5) is 0 Å². The van der Waals surface area contributed by atoms with Gasteiger partial charge in [0.1, 0.15) is 0 Å². The minimum Gasteiger partial charge on any atom is -0.330 e. The van der Waals surface area contributed by atoms with Crippen molar-refractivity contribution in [3.05, 3.63) is 41.6 Å². The first-order valence-electron chi connectivity index (χ1n) is 4.86. The van der Waals surface area contributed by atoms with E-state index in [0.29, 0.717) is 6.54 Å². The molecule has 2 aromatic rings. The molecule has 2 rings (SSSR count). The molecule has 0 aliphatic rings. The molecule has 0 aliphatic carbocycles. The molecule has 0 spiro atoms. The Bertz CT molecular complexity index is 449. The molecule has 1 aromatic carbocycles. The number of aryl methyl sites for hydroxylation is 1. The first-order chi connectivity index (χ1) is 6.81. The summed E-state index contributed by atoms with van der Waals surface area (Å²) in [5, 5.41) is 1.20. The van der Waals surface area contributed by atoms with Gasteiger partial charge < -0.3 is 5.73 Å². The Labute approximate surface area is 83.8 Å². The lowest BCUT2D eigenvalue weighted by Crippen LogP contribution is -2.05. The zero-order valence-corrected chi connectivity index (χ0v) is 8.33. The summed E-state index contributed by atoms with van der Waals surface area (Å²) in [7, 11) is 0. The molecule has 0 saturated heterocycles. The molecular formula is C12H14N2. The van der Waals surface area contributed by atoms with Crippen molar-refractivity contribution in [1.82, 2.24) is 4.98 Å². The van der Waals surface area contributed by atoms with E-state index in [1.54, 1.807) is 0 Å². The Hall–Kier alpha value is -1.41. The van der Waals surface area contributed by atoms with Crippen molar-refractivity contribution in [3.63, 3.8) is 0 Å². The van der Waals surface area contributed by atoms with Gasteiger partial charge in [-0.1, -0.05) is 18.2 Å². The van der Waals surface area contributed by atoms with Gasteiger partial charge in [0.15, 0.2) is 0 Å². The second-order valence-corrected chi connectivity index (χ2v) is 3.46. The summed E-state index contributed by atoms with van der Waals surface area (Å²) < 4.78 is 0. The van der Waals surface area contributed by atoms with Crippen molar-refractivity contribution >= 4 is 10.9 Å². The Morgan fingerprint density at radius 2 is 2.07 bits per heavy atom. The third kappa shape index (κ3) is 1.61. The lowest BCUT2D eigenvalue weighted by molar-refractivity contribution is 0.946. The van der Waals surface area contributed by atoms with E-state index in [1.807, 2.05) is 25.1 Å². The third-order valence-electron chi connectivity index (χ3n) is 2.43. The fourth-order valence-corrected chi connectivity index (χ4v) is 1.66. The van der Waals surface area contributed by atoms with Gasteiger partial charge in [-0.05, 0) is 37.6 Å². The van der Waals surface area contributed by atoms with Gasteiger partial charge in [0, 0.05) is 11.1 Å². The van der Waals surface area contributed by atoms with Gasteiger partial charge in [-0.25, -0.2) is 0 Å². The van der Waals surface area contributed by atoms with Crippen molar-refractivity contribution in [1.29, 1.82) is 0 Å². The number of para-hydroxylation sites is 1. The van der Waals surface area contributed by atoms with E-state index in [2.05, 4.69) is 17.1 Å². The van der Waals surface area contributed by atoms with Gasteiger partial charge in [-0.15, -0.1) is 0 Å². The molecule has 0 fully saturated rings. The summed E-state index contributed by atoms with van der Waals surface area (Å²) in [5.41, 5.74) is 8.95. The fourth-order valence-electron chi connectivity index (χ4n) is 1.66.